The summed E-state index contributed by atoms with van der Waals surface area (Å²) in [6.45, 7) is 2.03. The summed E-state index contributed by atoms with van der Waals surface area (Å²) in [6, 6.07) is 7.28. The van der Waals surface area contributed by atoms with Crippen LogP contribution in [0.1, 0.15) is 45.1 Å². The standard InChI is InChI=1S/C14H20N4O2/c1-2-3-4-5-8-12(11-17(19)20)18-15-13-9-6-7-10-14(13)16-18/h6-7,9-10,12H,2-5,8,11H2,1H3. The third-order valence-corrected chi connectivity index (χ3v) is 3.38. The van der Waals surface area contributed by atoms with E-state index >= 15 is 0 Å². The summed E-state index contributed by atoms with van der Waals surface area (Å²) in [5, 5.41) is 19.6. The van der Waals surface area contributed by atoms with Crippen LogP contribution in [0.5, 0.6) is 0 Å². The van der Waals surface area contributed by atoms with Gasteiger partial charge in [0.1, 0.15) is 17.1 Å². The Morgan fingerprint density at radius 2 is 1.85 bits per heavy atom. The highest BCUT2D eigenvalue weighted by atomic mass is 16.6. The van der Waals surface area contributed by atoms with Crippen molar-refractivity contribution in [1.82, 2.24) is 15.0 Å². The van der Waals surface area contributed by atoms with Gasteiger partial charge in [-0.25, -0.2) is 0 Å². The van der Waals surface area contributed by atoms with Crippen molar-refractivity contribution in [3.8, 4) is 0 Å². The number of hydrogen-bond acceptors (Lipinski definition) is 4. The first kappa shape index (κ1) is 14.4. The molecule has 2 rings (SSSR count). The van der Waals surface area contributed by atoms with Crippen LogP contribution in [0, 0.1) is 10.1 Å². The molecule has 0 fully saturated rings. The van der Waals surface area contributed by atoms with E-state index in [0.717, 1.165) is 36.7 Å². The van der Waals surface area contributed by atoms with Gasteiger partial charge >= 0.3 is 0 Å². The summed E-state index contributed by atoms with van der Waals surface area (Å²) in [7, 11) is 0. The van der Waals surface area contributed by atoms with Crippen LogP contribution in [-0.2, 0) is 0 Å². The van der Waals surface area contributed by atoms with E-state index in [1.165, 1.54) is 11.2 Å². The molecule has 0 saturated heterocycles. The predicted octanol–water partition coefficient (Wildman–Crippen LogP) is 3.22. The van der Waals surface area contributed by atoms with Crippen molar-refractivity contribution in [3.63, 3.8) is 0 Å². The zero-order chi connectivity index (χ0) is 14.4. The lowest BCUT2D eigenvalue weighted by atomic mass is 10.1. The molecule has 2 aromatic rings. The smallest absolute Gasteiger partial charge is 0.227 e. The first-order valence-corrected chi connectivity index (χ1v) is 7.14. The summed E-state index contributed by atoms with van der Waals surface area (Å²) in [6.07, 6.45) is 5.15. The van der Waals surface area contributed by atoms with Gasteiger partial charge in [-0.3, -0.25) is 10.1 Å². The van der Waals surface area contributed by atoms with E-state index in [9.17, 15) is 10.1 Å². The molecule has 0 aliphatic rings. The largest absolute Gasteiger partial charge is 0.264 e. The summed E-state index contributed by atoms with van der Waals surface area (Å²) in [5.74, 6) is 0. The molecule has 0 saturated carbocycles. The van der Waals surface area contributed by atoms with Gasteiger partial charge < -0.3 is 0 Å². The molecule has 1 unspecified atom stereocenters. The lowest BCUT2D eigenvalue weighted by Crippen LogP contribution is -2.21. The van der Waals surface area contributed by atoms with Gasteiger partial charge in [0, 0.05) is 4.92 Å². The number of nitrogens with zero attached hydrogens (tertiary/aromatic N) is 4. The van der Waals surface area contributed by atoms with Crippen molar-refractivity contribution >= 4 is 11.0 Å². The van der Waals surface area contributed by atoms with E-state index in [1.54, 1.807) is 0 Å². The number of unbranched alkanes of at least 4 members (excludes halogenated alkanes) is 3. The minimum absolute atomic E-state index is 0.118. The minimum atomic E-state index is -0.279. The molecule has 6 heteroatoms. The van der Waals surface area contributed by atoms with Crippen molar-refractivity contribution in [2.75, 3.05) is 6.54 Å². The quantitative estimate of drug-likeness (QED) is 0.421. The highest BCUT2D eigenvalue weighted by Crippen LogP contribution is 2.17. The molecule has 0 N–H and O–H groups in total. The van der Waals surface area contributed by atoms with Gasteiger partial charge in [-0.2, -0.15) is 15.0 Å². The monoisotopic (exact) mass is 276 g/mol. The molecule has 0 bridgehead atoms. The van der Waals surface area contributed by atoms with Crippen LogP contribution in [-0.4, -0.2) is 26.5 Å². The van der Waals surface area contributed by atoms with E-state index in [-0.39, 0.29) is 17.5 Å². The molecular formula is C14H20N4O2. The Morgan fingerprint density at radius 3 is 2.40 bits per heavy atom. The second kappa shape index (κ2) is 6.98. The second-order valence-electron chi connectivity index (χ2n) is 5.03. The molecule has 1 atom stereocenters. The maximum Gasteiger partial charge on any atom is 0.227 e. The predicted molar refractivity (Wildman–Crippen MR) is 77.2 cm³/mol. The van der Waals surface area contributed by atoms with Crippen LogP contribution in [0.2, 0.25) is 0 Å². The summed E-state index contributed by atoms with van der Waals surface area (Å²) >= 11 is 0. The minimum Gasteiger partial charge on any atom is -0.264 e. The second-order valence-corrected chi connectivity index (χ2v) is 5.03. The van der Waals surface area contributed by atoms with Crippen LogP contribution in [0.3, 0.4) is 0 Å². The molecular weight excluding hydrogens is 256 g/mol. The number of nitro groups is 1. The Hall–Kier alpha value is -1.98. The molecule has 6 nitrogen and oxygen atoms in total. The van der Waals surface area contributed by atoms with Crippen LogP contribution in [0.25, 0.3) is 11.0 Å². The van der Waals surface area contributed by atoms with Gasteiger partial charge in [-0.15, -0.1) is 0 Å². The number of aromatic nitrogens is 3. The highest BCUT2D eigenvalue weighted by molar-refractivity contribution is 5.72. The molecule has 1 aromatic carbocycles. The third-order valence-electron chi connectivity index (χ3n) is 3.38. The Balaban J connectivity index is 2.10. The maximum atomic E-state index is 10.8. The summed E-state index contributed by atoms with van der Waals surface area (Å²) in [5.41, 5.74) is 1.57. The SMILES string of the molecule is CCCCCCC(C[N+](=O)[O-])n1nc2ccccc2n1. The lowest BCUT2D eigenvalue weighted by molar-refractivity contribution is -0.487. The van der Waals surface area contributed by atoms with Gasteiger partial charge in [0.05, 0.1) is 0 Å². The fourth-order valence-electron chi connectivity index (χ4n) is 2.30. The Bertz CT molecular complexity index is 534. The van der Waals surface area contributed by atoms with Crippen LogP contribution < -0.4 is 0 Å². The molecule has 108 valence electrons. The number of benzene rings is 1. The first-order valence-electron chi connectivity index (χ1n) is 7.14. The number of fused-ring (bicyclic) bond motifs is 1. The van der Waals surface area contributed by atoms with E-state index in [0.29, 0.717) is 0 Å². The van der Waals surface area contributed by atoms with Crippen LogP contribution >= 0.6 is 0 Å². The van der Waals surface area contributed by atoms with E-state index in [2.05, 4.69) is 17.1 Å². The van der Waals surface area contributed by atoms with Gasteiger partial charge in [0.2, 0.25) is 6.54 Å². The van der Waals surface area contributed by atoms with Gasteiger partial charge in [-0.1, -0.05) is 44.7 Å². The number of hydrogen-bond donors (Lipinski definition) is 0. The van der Waals surface area contributed by atoms with Crippen molar-refractivity contribution < 1.29 is 4.92 Å². The summed E-state index contributed by atoms with van der Waals surface area (Å²) < 4.78 is 0. The normalized spacial score (nSPS) is 12.7. The van der Waals surface area contributed by atoms with Crippen molar-refractivity contribution in [2.24, 2.45) is 0 Å². The van der Waals surface area contributed by atoms with E-state index < -0.39 is 0 Å². The van der Waals surface area contributed by atoms with Crippen LogP contribution in [0.15, 0.2) is 24.3 Å². The van der Waals surface area contributed by atoms with Gasteiger partial charge in [-0.05, 0) is 18.6 Å². The zero-order valence-electron chi connectivity index (χ0n) is 11.7. The number of rotatable bonds is 8. The van der Waals surface area contributed by atoms with E-state index in [1.807, 2.05) is 24.3 Å². The Labute approximate surface area is 117 Å². The summed E-state index contributed by atoms with van der Waals surface area (Å²) in [4.78, 5) is 12.1. The molecule has 0 aliphatic heterocycles. The van der Waals surface area contributed by atoms with Gasteiger partial charge in [0.25, 0.3) is 0 Å². The molecule has 0 spiro atoms. The maximum absolute atomic E-state index is 10.8. The Morgan fingerprint density at radius 1 is 1.20 bits per heavy atom. The fourth-order valence-corrected chi connectivity index (χ4v) is 2.30. The molecule has 0 amide bonds. The highest BCUT2D eigenvalue weighted by Gasteiger charge is 2.19. The van der Waals surface area contributed by atoms with Gasteiger partial charge in [0.15, 0.2) is 0 Å². The average molecular weight is 276 g/mol. The lowest BCUT2D eigenvalue weighted by Gasteiger charge is -2.11. The molecule has 0 radical (unpaired) electrons. The van der Waals surface area contributed by atoms with E-state index in [4.69, 9.17) is 0 Å². The van der Waals surface area contributed by atoms with Crippen LogP contribution in [0.4, 0.5) is 0 Å². The van der Waals surface area contributed by atoms with Crippen molar-refractivity contribution in [3.05, 3.63) is 34.4 Å². The first-order chi connectivity index (χ1) is 9.70. The van der Waals surface area contributed by atoms with Crippen molar-refractivity contribution in [2.45, 2.75) is 45.1 Å². The molecule has 1 heterocycles. The molecule has 20 heavy (non-hydrogen) atoms. The molecule has 0 aliphatic carbocycles. The average Bonchev–Trinajstić information content (AvgIpc) is 2.85. The van der Waals surface area contributed by atoms with Crippen molar-refractivity contribution in [1.29, 1.82) is 0 Å². The molecule has 1 aromatic heterocycles. The fraction of sp³-hybridized carbons (Fsp3) is 0.571. The Kier molecular flexibility index (Phi) is 5.03. The third kappa shape index (κ3) is 3.76. The topological polar surface area (TPSA) is 73.8 Å². The zero-order valence-corrected chi connectivity index (χ0v) is 11.7.